The Morgan fingerprint density at radius 1 is 1.31 bits per heavy atom. The molecule has 0 radical (unpaired) electrons. The van der Waals surface area contributed by atoms with Gasteiger partial charge in [-0.25, -0.2) is 4.79 Å². The maximum absolute atomic E-state index is 11.6. The number of benzene rings is 1. The molecule has 1 atom stereocenters. The van der Waals surface area contributed by atoms with Crippen LogP contribution in [-0.4, -0.2) is 54.7 Å². The van der Waals surface area contributed by atoms with Crippen molar-refractivity contribution in [2.75, 3.05) is 26.7 Å². The van der Waals surface area contributed by atoms with Crippen molar-refractivity contribution >= 4 is 35.2 Å². The maximum Gasteiger partial charge on any atom is 0.404 e. The average molecular weight is 402 g/mol. The van der Waals surface area contributed by atoms with Crippen LogP contribution >= 0.6 is 23.2 Å². The van der Waals surface area contributed by atoms with Crippen LogP contribution in [0.5, 0.6) is 0 Å². The monoisotopic (exact) mass is 401 g/mol. The number of carbonyl (C=O) groups is 2. The highest BCUT2D eigenvalue weighted by atomic mass is 35.5. The lowest BCUT2D eigenvalue weighted by molar-refractivity contribution is -0.121. The van der Waals surface area contributed by atoms with Crippen molar-refractivity contribution in [1.29, 1.82) is 0 Å². The number of piperidine rings is 1. The molecule has 26 heavy (non-hydrogen) atoms. The van der Waals surface area contributed by atoms with Gasteiger partial charge in [-0.3, -0.25) is 4.79 Å². The van der Waals surface area contributed by atoms with Crippen LogP contribution in [0.25, 0.3) is 0 Å². The Hall–Kier alpha value is -1.50. The minimum atomic E-state index is -1.08. The van der Waals surface area contributed by atoms with Crippen LogP contribution in [0.15, 0.2) is 18.2 Å². The third kappa shape index (κ3) is 6.34. The highest BCUT2D eigenvalue weighted by molar-refractivity contribution is 6.35. The number of likely N-dealkylation sites (tertiary alicyclic amines) is 1. The first kappa shape index (κ1) is 20.8. The van der Waals surface area contributed by atoms with Crippen LogP contribution < -0.4 is 10.6 Å². The second-order valence-corrected chi connectivity index (χ2v) is 7.44. The highest BCUT2D eigenvalue weighted by Gasteiger charge is 2.29. The lowest BCUT2D eigenvalue weighted by Gasteiger charge is -2.35. The first-order valence-corrected chi connectivity index (χ1v) is 9.51. The molecule has 1 saturated heterocycles. The van der Waals surface area contributed by atoms with Crippen molar-refractivity contribution in [3.05, 3.63) is 33.8 Å². The molecule has 0 saturated carbocycles. The lowest BCUT2D eigenvalue weighted by Crippen LogP contribution is -2.47. The number of amides is 2. The fraction of sp³-hybridized carbons (Fsp3) is 0.556. The maximum atomic E-state index is 11.6. The standard InChI is InChI=1S/C18H25Cl2N3O3/c1-21-17(24)11-16(22-18(25)26)13-5-8-23(9-6-13)7-4-12-2-3-14(19)10-15(12)20/h2-3,10,13,16,22H,4-9,11H2,1H3,(H,21,24)(H,25,26). The quantitative estimate of drug-likeness (QED) is 0.655. The van der Waals surface area contributed by atoms with Gasteiger partial charge in [0.15, 0.2) is 0 Å². The van der Waals surface area contributed by atoms with Gasteiger partial charge in [0.25, 0.3) is 0 Å². The van der Waals surface area contributed by atoms with Gasteiger partial charge in [-0.2, -0.15) is 0 Å². The van der Waals surface area contributed by atoms with E-state index >= 15 is 0 Å². The van der Waals surface area contributed by atoms with E-state index in [9.17, 15) is 9.59 Å². The van der Waals surface area contributed by atoms with E-state index < -0.39 is 6.09 Å². The Morgan fingerprint density at radius 2 is 2.00 bits per heavy atom. The normalized spacial score (nSPS) is 16.9. The molecule has 1 unspecified atom stereocenters. The van der Waals surface area contributed by atoms with Gasteiger partial charge in [0.05, 0.1) is 0 Å². The fourth-order valence-electron chi connectivity index (χ4n) is 3.38. The number of hydrogen-bond donors (Lipinski definition) is 3. The molecular formula is C18H25Cl2N3O3. The van der Waals surface area contributed by atoms with E-state index in [1.165, 1.54) is 0 Å². The molecule has 0 bridgehead atoms. The first-order chi connectivity index (χ1) is 12.4. The van der Waals surface area contributed by atoms with Gasteiger partial charge in [0, 0.05) is 36.1 Å². The fourth-order valence-corrected chi connectivity index (χ4v) is 3.88. The Labute approximate surface area is 163 Å². The zero-order chi connectivity index (χ0) is 19.1. The Bertz CT molecular complexity index is 634. The number of halogens is 2. The number of hydrogen-bond acceptors (Lipinski definition) is 3. The molecule has 0 aromatic heterocycles. The molecule has 1 aliphatic rings. The summed E-state index contributed by atoms with van der Waals surface area (Å²) in [6, 6.07) is 5.20. The Kier molecular flexibility index (Phi) is 8.00. The molecule has 6 nitrogen and oxygen atoms in total. The van der Waals surface area contributed by atoms with E-state index in [2.05, 4.69) is 15.5 Å². The summed E-state index contributed by atoms with van der Waals surface area (Å²) in [6.45, 7) is 2.64. The zero-order valence-corrected chi connectivity index (χ0v) is 16.3. The predicted octanol–water partition coefficient (Wildman–Crippen LogP) is 3.02. The minimum Gasteiger partial charge on any atom is -0.465 e. The number of carboxylic acid groups (broad SMARTS) is 1. The second-order valence-electron chi connectivity index (χ2n) is 6.60. The van der Waals surface area contributed by atoms with Crippen molar-refractivity contribution in [3.8, 4) is 0 Å². The largest absolute Gasteiger partial charge is 0.465 e. The van der Waals surface area contributed by atoms with Gasteiger partial charge in [-0.1, -0.05) is 29.3 Å². The summed E-state index contributed by atoms with van der Waals surface area (Å²) in [4.78, 5) is 25.0. The number of nitrogens with zero attached hydrogens (tertiary/aromatic N) is 1. The second kappa shape index (κ2) is 10.00. The third-order valence-electron chi connectivity index (χ3n) is 4.91. The molecular weight excluding hydrogens is 377 g/mol. The van der Waals surface area contributed by atoms with Gasteiger partial charge >= 0.3 is 6.09 Å². The van der Waals surface area contributed by atoms with Crippen LogP contribution in [0.3, 0.4) is 0 Å². The van der Waals surface area contributed by atoms with Gasteiger partial charge in [0.2, 0.25) is 5.91 Å². The number of nitrogens with one attached hydrogen (secondary N) is 2. The van der Waals surface area contributed by atoms with Crippen molar-refractivity contribution in [1.82, 2.24) is 15.5 Å². The summed E-state index contributed by atoms with van der Waals surface area (Å²) >= 11 is 12.1. The molecule has 1 fully saturated rings. The molecule has 1 aromatic carbocycles. The van der Waals surface area contributed by atoms with Crippen LogP contribution in [0, 0.1) is 5.92 Å². The van der Waals surface area contributed by atoms with Gasteiger partial charge in [-0.05, 0) is 56.0 Å². The SMILES string of the molecule is CNC(=O)CC(NC(=O)O)C1CCN(CCc2ccc(Cl)cc2Cl)CC1. The average Bonchev–Trinajstić information content (AvgIpc) is 2.60. The molecule has 144 valence electrons. The first-order valence-electron chi connectivity index (χ1n) is 8.75. The topological polar surface area (TPSA) is 81.7 Å². The van der Waals surface area contributed by atoms with Crippen LogP contribution in [0.4, 0.5) is 4.79 Å². The van der Waals surface area contributed by atoms with Gasteiger partial charge in [0.1, 0.15) is 0 Å². The molecule has 0 spiro atoms. The molecule has 1 aliphatic heterocycles. The van der Waals surface area contributed by atoms with Crippen molar-refractivity contribution < 1.29 is 14.7 Å². The molecule has 2 rings (SSSR count). The summed E-state index contributed by atoms with van der Waals surface area (Å²) < 4.78 is 0. The number of rotatable bonds is 7. The van der Waals surface area contributed by atoms with E-state index in [1.807, 2.05) is 12.1 Å². The van der Waals surface area contributed by atoms with Crippen LogP contribution in [-0.2, 0) is 11.2 Å². The summed E-state index contributed by atoms with van der Waals surface area (Å²) in [7, 11) is 1.56. The summed E-state index contributed by atoms with van der Waals surface area (Å²) in [5, 5.41) is 15.4. The van der Waals surface area contributed by atoms with E-state index in [0.29, 0.717) is 10.0 Å². The zero-order valence-electron chi connectivity index (χ0n) is 14.8. The van der Waals surface area contributed by atoms with Crippen LogP contribution in [0.1, 0.15) is 24.8 Å². The smallest absolute Gasteiger partial charge is 0.404 e. The predicted molar refractivity (Wildman–Crippen MR) is 103 cm³/mol. The van der Waals surface area contributed by atoms with Crippen LogP contribution in [0.2, 0.25) is 10.0 Å². The number of carbonyl (C=O) groups excluding carboxylic acids is 1. The minimum absolute atomic E-state index is 0.149. The van der Waals surface area contributed by atoms with E-state index in [4.69, 9.17) is 28.3 Å². The molecule has 3 N–H and O–H groups in total. The Morgan fingerprint density at radius 3 is 2.58 bits per heavy atom. The highest BCUT2D eigenvalue weighted by Crippen LogP contribution is 2.25. The molecule has 0 aliphatic carbocycles. The molecule has 8 heteroatoms. The van der Waals surface area contributed by atoms with E-state index in [-0.39, 0.29) is 24.3 Å². The summed E-state index contributed by atoms with van der Waals surface area (Å²) in [6.07, 6.45) is 1.65. The van der Waals surface area contributed by atoms with Crippen molar-refractivity contribution in [3.63, 3.8) is 0 Å². The molecule has 1 aromatic rings. The molecule has 1 heterocycles. The summed E-state index contributed by atoms with van der Waals surface area (Å²) in [5.74, 6) is 0.0160. The summed E-state index contributed by atoms with van der Waals surface area (Å²) in [5.41, 5.74) is 1.07. The van der Waals surface area contributed by atoms with Crippen molar-refractivity contribution in [2.45, 2.75) is 31.7 Å². The third-order valence-corrected chi connectivity index (χ3v) is 5.49. The van der Waals surface area contributed by atoms with Gasteiger partial charge < -0.3 is 20.6 Å². The lowest BCUT2D eigenvalue weighted by atomic mass is 9.87. The Balaban J connectivity index is 1.84. The van der Waals surface area contributed by atoms with Crippen molar-refractivity contribution in [2.24, 2.45) is 5.92 Å². The molecule has 2 amide bonds. The van der Waals surface area contributed by atoms with E-state index in [1.54, 1.807) is 13.1 Å². The van der Waals surface area contributed by atoms with Gasteiger partial charge in [-0.15, -0.1) is 0 Å². The van der Waals surface area contributed by atoms with E-state index in [0.717, 1.165) is 44.5 Å².